The van der Waals surface area contributed by atoms with E-state index in [1.54, 1.807) is 12.1 Å². The number of ether oxygens (including phenoxy) is 1. The third-order valence-electron chi connectivity index (χ3n) is 7.22. The van der Waals surface area contributed by atoms with Gasteiger partial charge < -0.3 is 20.7 Å². The summed E-state index contributed by atoms with van der Waals surface area (Å²) in [7, 11) is 2.83. The SMILES string of the molecule is CNC(=O)[C@@](C)(C(=O)NOC1CCCCO1)N(C)C(=O)c1ccc(-c2ccc(C3(N)CC3)cc2)cc1. The molecule has 0 aromatic heterocycles. The first kappa shape index (κ1) is 25.8. The zero-order valence-electron chi connectivity index (χ0n) is 21.0. The molecule has 1 saturated heterocycles. The van der Waals surface area contributed by atoms with Crippen molar-refractivity contribution < 1.29 is 24.0 Å². The summed E-state index contributed by atoms with van der Waals surface area (Å²) in [6.07, 6.45) is 3.90. The van der Waals surface area contributed by atoms with Gasteiger partial charge in [-0.3, -0.25) is 14.4 Å². The zero-order valence-corrected chi connectivity index (χ0v) is 21.0. The van der Waals surface area contributed by atoms with Crippen molar-refractivity contribution in [2.45, 2.75) is 56.4 Å². The van der Waals surface area contributed by atoms with Gasteiger partial charge in [-0.25, -0.2) is 10.3 Å². The highest BCUT2D eigenvalue weighted by atomic mass is 16.8. The molecule has 2 fully saturated rings. The maximum atomic E-state index is 13.3. The molecule has 9 heteroatoms. The number of likely N-dealkylation sites (N-methyl/N-ethyl adjacent to an activating group) is 2. The second-order valence-corrected chi connectivity index (χ2v) is 9.67. The quantitative estimate of drug-likeness (QED) is 0.383. The number of carbonyl (C=O) groups excluding carboxylic acids is 3. The number of hydrogen-bond acceptors (Lipinski definition) is 6. The maximum Gasteiger partial charge on any atom is 0.279 e. The summed E-state index contributed by atoms with van der Waals surface area (Å²) >= 11 is 0. The van der Waals surface area contributed by atoms with E-state index in [0.29, 0.717) is 18.6 Å². The molecule has 1 unspecified atom stereocenters. The van der Waals surface area contributed by atoms with Gasteiger partial charge in [0.1, 0.15) is 0 Å². The fraction of sp³-hybridized carbons (Fsp3) is 0.444. The average Bonchev–Trinajstić information content (AvgIpc) is 3.69. The summed E-state index contributed by atoms with van der Waals surface area (Å²) in [5.74, 6) is -1.89. The van der Waals surface area contributed by atoms with Crippen molar-refractivity contribution in [1.82, 2.24) is 15.7 Å². The van der Waals surface area contributed by atoms with Crippen LogP contribution in [-0.2, 0) is 24.7 Å². The summed E-state index contributed by atoms with van der Waals surface area (Å²) in [6, 6.07) is 15.2. The van der Waals surface area contributed by atoms with Gasteiger partial charge in [0, 0.05) is 38.2 Å². The first-order chi connectivity index (χ1) is 17.2. The van der Waals surface area contributed by atoms with Gasteiger partial charge in [-0.1, -0.05) is 36.4 Å². The van der Waals surface area contributed by atoms with Crippen molar-refractivity contribution in [1.29, 1.82) is 0 Å². The van der Waals surface area contributed by atoms with E-state index >= 15 is 0 Å². The molecule has 0 radical (unpaired) electrons. The van der Waals surface area contributed by atoms with Crippen LogP contribution < -0.4 is 16.5 Å². The van der Waals surface area contributed by atoms with Gasteiger partial charge in [0.15, 0.2) is 11.8 Å². The number of benzene rings is 2. The second kappa shape index (κ2) is 10.4. The lowest BCUT2D eigenvalue weighted by Crippen LogP contribution is -2.65. The molecular weight excluding hydrogens is 460 g/mol. The molecule has 0 bridgehead atoms. The lowest BCUT2D eigenvalue weighted by atomic mass is 9.96. The molecule has 192 valence electrons. The fourth-order valence-corrected chi connectivity index (χ4v) is 4.29. The average molecular weight is 495 g/mol. The third-order valence-corrected chi connectivity index (χ3v) is 7.22. The molecule has 2 atom stereocenters. The number of hydrogen-bond donors (Lipinski definition) is 3. The molecule has 4 N–H and O–H groups in total. The molecule has 9 nitrogen and oxygen atoms in total. The van der Waals surface area contributed by atoms with Gasteiger partial charge in [0.05, 0.1) is 0 Å². The molecule has 36 heavy (non-hydrogen) atoms. The second-order valence-electron chi connectivity index (χ2n) is 9.67. The molecule has 1 saturated carbocycles. The Kier molecular flexibility index (Phi) is 7.44. The molecule has 1 aliphatic carbocycles. The fourth-order valence-electron chi connectivity index (χ4n) is 4.29. The normalized spacial score (nSPS) is 20.1. The third kappa shape index (κ3) is 5.13. The van der Waals surface area contributed by atoms with Crippen LogP contribution in [0, 0.1) is 0 Å². The predicted octanol–water partition coefficient (Wildman–Crippen LogP) is 2.45. The van der Waals surface area contributed by atoms with E-state index in [4.69, 9.17) is 15.3 Å². The monoisotopic (exact) mass is 494 g/mol. The van der Waals surface area contributed by atoms with Gasteiger partial charge in [-0.15, -0.1) is 0 Å². The Hall–Kier alpha value is -3.27. The predicted molar refractivity (Wildman–Crippen MR) is 134 cm³/mol. The van der Waals surface area contributed by atoms with E-state index in [1.807, 2.05) is 36.4 Å². The van der Waals surface area contributed by atoms with E-state index in [9.17, 15) is 14.4 Å². The molecule has 1 heterocycles. The van der Waals surface area contributed by atoms with Crippen molar-refractivity contribution in [3.8, 4) is 11.1 Å². The lowest BCUT2D eigenvalue weighted by Gasteiger charge is -2.36. The zero-order chi connectivity index (χ0) is 25.9. The summed E-state index contributed by atoms with van der Waals surface area (Å²) in [5.41, 5.74) is 9.97. The Balaban J connectivity index is 1.47. The van der Waals surface area contributed by atoms with Gasteiger partial charge in [0.2, 0.25) is 0 Å². The molecule has 1 aliphatic heterocycles. The van der Waals surface area contributed by atoms with Crippen LogP contribution in [-0.4, -0.2) is 55.2 Å². The van der Waals surface area contributed by atoms with Crippen molar-refractivity contribution in [3.05, 3.63) is 59.7 Å². The molecule has 4 rings (SSSR count). The van der Waals surface area contributed by atoms with Crippen LogP contribution in [0.5, 0.6) is 0 Å². The van der Waals surface area contributed by atoms with E-state index in [-0.39, 0.29) is 5.54 Å². The minimum atomic E-state index is -1.85. The standard InChI is InChI=1S/C27H34N4O5/c1-26(24(33)29-2,25(34)30-36-22-6-4-5-17-35-22)31(3)23(32)20-9-7-18(8-10-20)19-11-13-21(14-12-19)27(28)15-16-27/h7-14,22H,4-6,15-17,28H2,1-3H3,(H,29,33)(H,30,34)/t22?,26-/m0/s1. The molecule has 2 aromatic rings. The molecular formula is C27H34N4O5. The van der Waals surface area contributed by atoms with E-state index in [2.05, 4.69) is 10.8 Å². The molecule has 3 amide bonds. The number of nitrogens with zero attached hydrogens (tertiary/aromatic N) is 1. The minimum Gasteiger partial charge on any atom is -0.357 e. The Morgan fingerprint density at radius 1 is 1.03 bits per heavy atom. The van der Waals surface area contributed by atoms with Gasteiger partial charge in [-0.05, 0) is 61.4 Å². The van der Waals surface area contributed by atoms with Crippen LogP contribution in [0.3, 0.4) is 0 Å². The van der Waals surface area contributed by atoms with Crippen LogP contribution >= 0.6 is 0 Å². The molecule has 0 spiro atoms. The van der Waals surface area contributed by atoms with Crippen molar-refractivity contribution in [2.75, 3.05) is 20.7 Å². The number of hydroxylamine groups is 1. The number of nitrogens with two attached hydrogens (primary N) is 1. The highest BCUT2D eigenvalue weighted by Crippen LogP contribution is 2.42. The smallest absolute Gasteiger partial charge is 0.279 e. The summed E-state index contributed by atoms with van der Waals surface area (Å²) in [6.45, 7) is 1.92. The van der Waals surface area contributed by atoms with Gasteiger partial charge in [0.25, 0.3) is 17.7 Å². The van der Waals surface area contributed by atoms with Crippen LogP contribution in [0.25, 0.3) is 11.1 Å². The van der Waals surface area contributed by atoms with Gasteiger partial charge >= 0.3 is 0 Å². The first-order valence-corrected chi connectivity index (χ1v) is 12.3. The molecule has 2 aliphatic rings. The topological polar surface area (TPSA) is 123 Å². The van der Waals surface area contributed by atoms with Crippen LogP contribution in [0.1, 0.15) is 54.9 Å². The Morgan fingerprint density at radius 3 is 2.17 bits per heavy atom. The highest BCUT2D eigenvalue weighted by Gasteiger charge is 2.47. The van der Waals surface area contributed by atoms with Crippen molar-refractivity contribution >= 4 is 17.7 Å². The van der Waals surface area contributed by atoms with Crippen molar-refractivity contribution in [3.63, 3.8) is 0 Å². The van der Waals surface area contributed by atoms with E-state index in [0.717, 1.165) is 47.3 Å². The Labute approximate surface area is 211 Å². The Morgan fingerprint density at radius 2 is 1.64 bits per heavy atom. The highest BCUT2D eigenvalue weighted by molar-refractivity contribution is 6.12. The number of rotatable bonds is 8. The number of nitrogens with one attached hydrogen (secondary N) is 2. The molecule has 2 aromatic carbocycles. The van der Waals surface area contributed by atoms with Gasteiger partial charge in [-0.2, -0.15) is 0 Å². The Bertz CT molecular complexity index is 1110. The maximum absolute atomic E-state index is 13.3. The summed E-state index contributed by atoms with van der Waals surface area (Å²) < 4.78 is 5.45. The van der Waals surface area contributed by atoms with Crippen LogP contribution in [0.2, 0.25) is 0 Å². The van der Waals surface area contributed by atoms with Crippen LogP contribution in [0.15, 0.2) is 48.5 Å². The van der Waals surface area contributed by atoms with Crippen LogP contribution in [0.4, 0.5) is 0 Å². The largest absolute Gasteiger partial charge is 0.357 e. The summed E-state index contributed by atoms with van der Waals surface area (Å²) in [4.78, 5) is 45.7. The number of amides is 3. The minimum absolute atomic E-state index is 0.183. The lowest BCUT2D eigenvalue weighted by molar-refractivity contribution is -0.204. The number of carbonyl (C=O) groups is 3. The van der Waals surface area contributed by atoms with E-state index < -0.39 is 29.6 Å². The summed E-state index contributed by atoms with van der Waals surface area (Å²) in [5, 5.41) is 2.47. The van der Waals surface area contributed by atoms with Crippen molar-refractivity contribution in [2.24, 2.45) is 5.73 Å². The van der Waals surface area contributed by atoms with E-state index in [1.165, 1.54) is 21.0 Å². The first-order valence-electron chi connectivity index (χ1n) is 12.3.